The lowest BCUT2D eigenvalue weighted by molar-refractivity contribution is 0.202. The zero-order valence-electron chi connectivity index (χ0n) is 5.89. The van der Waals surface area contributed by atoms with E-state index >= 15 is 0 Å². The minimum absolute atomic E-state index is 0.354. The molecule has 0 aliphatic heterocycles. The zero-order valence-corrected chi connectivity index (χ0v) is 8.29. The number of aliphatic hydroxyl groups is 1. The fourth-order valence-electron chi connectivity index (χ4n) is 0.732. The topological polar surface area (TPSA) is 20.2 Å². The van der Waals surface area contributed by atoms with E-state index in [1.165, 1.54) is 5.56 Å². The van der Waals surface area contributed by atoms with Gasteiger partial charge in [-0.1, -0.05) is 0 Å². The van der Waals surface area contributed by atoms with E-state index in [1.807, 2.05) is 12.3 Å². The van der Waals surface area contributed by atoms with Crippen molar-refractivity contribution in [3.8, 4) is 0 Å². The fraction of sp³-hybridized carbons (Fsp3) is 0.429. The van der Waals surface area contributed by atoms with Crippen LogP contribution in [-0.2, 0) is 0 Å². The Morgan fingerprint density at radius 3 is 2.50 bits per heavy atom. The second kappa shape index (κ2) is 3.03. The predicted octanol–water partition coefficient (Wildman–Crippen LogP) is 2.87. The van der Waals surface area contributed by atoms with Crippen LogP contribution in [0.2, 0.25) is 0 Å². The van der Waals surface area contributed by atoms with Gasteiger partial charge in [-0.2, -0.15) is 0 Å². The summed E-state index contributed by atoms with van der Waals surface area (Å²) in [6.45, 7) is 3.79. The first kappa shape index (κ1) is 8.24. The molecule has 0 saturated heterocycles. The average molecular weight is 221 g/mol. The van der Waals surface area contributed by atoms with Crippen molar-refractivity contribution in [2.24, 2.45) is 0 Å². The minimum atomic E-state index is -0.354. The third kappa shape index (κ3) is 1.41. The van der Waals surface area contributed by atoms with Gasteiger partial charge in [-0.15, -0.1) is 11.3 Å². The lowest BCUT2D eigenvalue weighted by Crippen LogP contribution is -1.86. The summed E-state index contributed by atoms with van der Waals surface area (Å²) in [6.07, 6.45) is -0.354. The number of hydrogen-bond acceptors (Lipinski definition) is 2. The van der Waals surface area contributed by atoms with Gasteiger partial charge in [0.05, 0.1) is 6.10 Å². The van der Waals surface area contributed by atoms with Crippen LogP contribution in [-0.4, -0.2) is 5.11 Å². The SMILES string of the molecule is Cc1csc([C@@H](C)O)c1Br. The van der Waals surface area contributed by atoms with E-state index in [4.69, 9.17) is 0 Å². The first-order valence-corrected chi connectivity index (χ1v) is 4.71. The molecule has 3 heteroatoms. The van der Waals surface area contributed by atoms with Crippen LogP contribution in [0.4, 0.5) is 0 Å². The number of thiophene rings is 1. The normalized spacial score (nSPS) is 13.6. The van der Waals surface area contributed by atoms with Crippen LogP contribution < -0.4 is 0 Å². The third-order valence-corrected chi connectivity index (χ3v) is 3.89. The molecule has 0 unspecified atom stereocenters. The number of aliphatic hydroxyl groups excluding tert-OH is 1. The van der Waals surface area contributed by atoms with Crippen molar-refractivity contribution in [3.63, 3.8) is 0 Å². The van der Waals surface area contributed by atoms with Crippen LogP contribution in [0.25, 0.3) is 0 Å². The Morgan fingerprint density at radius 2 is 2.30 bits per heavy atom. The van der Waals surface area contributed by atoms with E-state index in [0.29, 0.717) is 0 Å². The number of aryl methyl sites for hydroxylation is 1. The molecule has 0 saturated carbocycles. The van der Waals surface area contributed by atoms with Crippen LogP contribution in [0, 0.1) is 6.92 Å². The molecule has 1 heterocycles. The van der Waals surface area contributed by atoms with Crippen LogP contribution in [0.5, 0.6) is 0 Å². The van der Waals surface area contributed by atoms with Gasteiger partial charge in [-0.25, -0.2) is 0 Å². The average Bonchev–Trinajstić information content (AvgIpc) is 2.14. The minimum Gasteiger partial charge on any atom is -0.388 e. The van der Waals surface area contributed by atoms with Crippen LogP contribution in [0.3, 0.4) is 0 Å². The van der Waals surface area contributed by atoms with Crippen molar-refractivity contribution in [1.29, 1.82) is 0 Å². The van der Waals surface area contributed by atoms with Crippen molar-refractivity contribution in [1.82, 2.24) is 0 Å². The zero-order chi connectivity index (χ0) is 7.72. The maximum atomic E-state index is 9.20. The third-order valence-electron chi connectivity index (χ3n) is 1.30. The van der Waals surface area contributed by atoms with Crippen molar-refractivity contribution in [2.75, 3.05) is 0 Å². The van der Waals surface area contributed by atoms with Crippen LogP contribution in [0.1, 0.15) is 23.5 Å². The highest BCUT2D eigenvalue weighted by Gasteiger charge is 2.09. The maximum Gasteiger partial charge on any atom is 0.0865 e. The summed E-state index contributed by atoms with van der Waals surface area (Å²) >= 11 is 4.99. The quantitative estimate of drug-likeness (QED) is 0.773. The molecular weight excluding hydrogens is 212 g/mol. The summed E-state index contributed by atoms with van der Waals surface area (Å²) in [6, 6.07) is 0. The summed E-state index contributed by atoms with van der Waals surface area (Å²) in [5.41, 5.74) is 1.20. The van der Waals surface area contributed by atoms with Gasteiger partial charge in [0.25, 0.3) is 0 Å². The Balaban J connectivity index is 3.05. The Kier molecular flexibility index (Phi) is 2.50. The lowest BCUT2D eigenvalue weighted by Gasteiger charge is -1.99. The van der Waals surface area contributed by atoms with Gasteiger partial charge in [0.15, 0.2) is 0 Å². The van der Waals surface area contributed by atoms with E-state index in [-0.39, 0.29) is 6.10 Å². The van der Waals surface area contributed by atoms with Gasteiger partial charge in [0.2, 0.25) is 0 Å². The Bertz CT molecular complexity index is 230. The lowest BCUT2D eigenvalue weighted by atomic mass is 10.3. The van der Waals surface area contributed by atoms with Crippen molar-refractivity contribution < 1.29 is 5.11 Å². The molecule has 0 radical (unpaired) electrons. The molecule has 56 valence electrons. The molecule has 0 aliphatic rings. The van der Waals surface area contributed by atoms with Crippen LogP contribution >= 0.6 is 27.3 Å². The second-order valence-corrected chi connectivity index (χ2v) is 3.98. The van der Waals surface area contributed by atoms with Crippen molar-refractivity contribution in [3.05, 3.63) is 20.3 Å². The number of halogens is 1. The molecule has 0 fully saturated rings. The summed E-state index contributed by atoms with van der Waals surface area (Å²) in [4.78, 5) is 1.01. The first-order chi connectivity index (χ1) is 4.63. The highest BCUT2D eigenvalue weighted by molar-refractivity contribution is 9.10. The van der Waals surface area contributed by atoms with Gasteiger partial charge in [-0.3, -0.25) is 0 Å². The number of rotatable bonds is 1. The van der Waals surface area contributed by atoms with Crippen LogP contribution in [0.15, 0.2) is 9.85 Å². The molecule has 0 aliphatic carbocycles. The molecule has 1 atom stereocenters. The van der Waals surface area contributed by atoms with Gasteiger partial charge in [0, 0.05) is 9.35 Å². The fourth-order valence-corrected chi connectivity index (χ4v) is 2.49. The highest BCUT2D eigenvalue weighted by Crippen LogP contribution is 2.32. The van der Waals surface area contributed by atoms with E-state index in [2.05, 4.69) is 15.9 Å². The summed E-state index contributed by atoms with van der Waals surface area (Å²) in [5, 5.41) is 11.2. The van der Waals surface area contributed by atoms with Crippen molar-refractivity contribution in [2.45, 2.75) is 20.0 Å². The Morgan fingerprint density at radius 1 is 1.70 bits per heavy atom. The number of hydrogen-bond donors (Lipinski definition) is 1. The largest absolute Gasteiger partial charge is 0.388 e. The highest BCUT2D eigenvalue weighted by atomic mass is 79.9. The van der Waals surface area contributed by atoms with Gasteiger partial charge < -0.3 is 5.11 Å². The molecule has 1 aromatic heterocycles. The Hall–Kier alpha value is 0.140. The molecule has 0 aromatic carbocycles. The van der Waals surface area contributed by atoms with E-state index in [1.54, 1.807) is 18.3 Å². The van der Waals surface area contributed by atoms with E-state index in [0.717, 1.165) is 9.35 Å². The maximum absolute atomic E-state index is 9.20. The van der Waals surface area contributed by atoms with E-state index in [9.17, 15) is 5.11 Å². The molecule has 1 nitrogen and oxygen atoms in total. The second-order valence-electron chi connectivity index (χ2n) is 2.27. The molecule has 1 aromatic rings. The summed E-state index contributed by atoms with van der Waals surface area (Å²) in [7, 11) is 0. The molecule has 0 spiro atoms. The van der Waals surface area contributed by atoms with E-state index < -0.39 is 0 Å². The predicted molar refractivity (Wildman–Crippen MR) is 47.4 cm³/mol. The molecule has 1 N–H and O–H groups in total. The molecule has 10 heavy (non-hydrogen) atoms. The smallest absolute Gasteiger partial charge is 0.0865 e. The van der Waals surface area contributed by atoms with Crippen molar-refractivity contribution >= 4 is 27.3 Å². The Labute approximate surface area is 72.8 Å². The van der Waals surface area contributed by atoms with Gasteiger partial charge in [0.1, 0.15) is 0 Å². The summed E-state index contributed by atoms with van der Waals surface area (Å²) in [5.74, 6) is 0. The molecule has 0 amide bonds. The van der Waals surface area contributed by atoms with Gasteiger partial charge >= 0.3 is 0 Å². The first-order valence-electron chi connectivity index (χ1n) is 3.04. The monoisotopic (exact) mass is 220 g/mol. The molecule has 0 bridgehead atoms. The molecular formula is C7H9BrOS. The summed E-state index contributed by atoms with van der Waals surface area (Å²) < 4.78 is 1.05. The molecule has 1 rings (SSSR count). The standard InChI is InChI=1S/C7H9BrOS/c1-4-3-10-7(5(2)9)6(4)8/h3,5,9H,1-2H3/t5-/m1/s1. The van der Waals surface area contributed by atoms with Gasteiger partial charge in [-0.05, 0) is 40.7 Å².